The van der Waals surface area contributed by atoms with E-state index in [2.05, 4.69) is 27.8 Å². The lowest BCUT2D eigenvalue weighted by atomic mass is 10.0. The molecule has 1 aliphatic heterocycles. The van der Waals surface area contributed by atoms with E-state index in [4.69, 9.17) is 4.98 Å². The second kappa shape index (κ2) is 7.91. The maximum Gasteiger partial charge on any atom is 0.332 e. The van der Waals surface area contributed by atoms with Gasteiger partial charge in [-0.05, 0) is 43.0 Å². The summed E-state index contributed by atoms with van der Waals surface area (Å²) in [4.78, 5) is 32.6. The lowest BCUT2D eigenvalue weighted by Gasteiger charge is -2.30. The molecule has 3 aromatic rings. The lowest BCUT2D eigenvalue weighted by molar-refractivity contribution is 0.171. The highest BCUT2D eigenvalue weighted by Gasteiger charge is 2.23. The Kier molecular flexibility index (Phi) is 5.48. The molecule has 154 valence electrons. The molecule has 0 unspecified atom stereocenters. The summed E-state index contributed by atoms with van der Waals surface area (Å²) in [7, 11) is 3.20. The van der Waals surface area contributed by atoms with E-state index in [-0.39, 0.29) is 11.2 Å². The number of halogens is 1. The minimum Gasteiger partial charge on any atom is -0.317 e. The van der Waals surface area contributed by atoms with E-state index in [1.54, 1.807) is 7.05 Å². The molecule has 3 heterocycles. The SMILES string of the molecule is C[C@H]1CCCN(Cc2nc3c(c(=O)n(C)c(=O)n3C)n2Cc2ccc(Br)cc2)C1. The largest absolute Gasteiger partial charge is 0.332 e. The highest BCUT2D eigenvalue weighted by atomic mass is 79.9. The molecule has 4 rings (SSSR count). The Balaban J connectivity index is 1.85. The second-order valence-corrected chi connectivity index (χ2v) is 9.02. The molecule has 1 saturated heterocycles. The van der Waals surface area contributed by atoms with E-state index in [0.29, 0.717) is 30.2 Å². The number of rotatable bonds is 4. The molecule has 0 spiro atoms. The van der Waals surface area contributed by atoms with Crippen LogP contribution < -0.4 is 11.2 Å². The highest BCUT2D eigenvalue weighted by molar-refractivity contribution is 9.10. The fraction of sp³-hybridized carbons (Fsp3) is 0.476. The van der Waals surface area contributed by atoms with Gasteiger partial charge in [0.25, 0.3) is 5.56 Å². The Morgan fingerprint density at radius 2 is 1.83 bits per heavy atom. The number of hydrogen-bond donors (Lipinski definition) is 0. The van der Waals surface area contributed by atoms with Crippen LogP contribution in [0.15, 0.2) is 38.3 Å². The predicted molar refractivity (Wildman–Crippen MR) is 117 cm³/mol. The minimum atomic E-state index is -0.353. The van der Waals surface area contributed by atoms with Crippen LogP contribution in [-0.4, -0.2) is 36.7 Å². The molecule has 2 aromatic heterocycles. The predicted octanol–water partition coefficient (Wildman–Crippen LogP) is 2.48. The van der Waals surface area contributed by atoms with Crippen molar-refractivity contribution in [3.05, 3.63) is 61.0 Å². The standard InChI is InChI=1S/C21H26BrN5O2/c1-14-5-4-10-26(11-14)13-17-23-19-18(20(28)25(3)21(29)24(19)2)27(17)12-15-6-8-16(22)9-7-15/h6-9,14H,4-5,10-13H2,1-3H3/t14-/m0/s1. The van der Waals surface area contributed by atoms with Crippen molar-refractivity contribution < 1.29 is 0 Å². The first-order valence-electron chi connectivity index (χ1n) is 9.97. The van der Waals surface area contributed by atoms with E-state index in [9.17, 15) is 9.59 Å². The van der Waals surface area contributed by atoms with Crippen molar-refractivity contribution in [3.63, 3.8) is 0 Å². The molecule has 0 bridgehead atoms. The molecule has 8 heteroatoms. The topological polar surface area (TPSA) is 65.1 Å². The molecule has 1 aliphatic rings. The van der Waals surface area contributed by atoms with Crippen LogP contribution >= 0.6 is 15.9 Å². The van der Waals surface area contributed by atoms with Gasteiger partial charge in [0.05, 0.1) is 6.54 Å². The molecule has 0 aliphatic carbocycles. The summed E-state index contributed by atoms with van der Waals surface area (Å²) in [6, 6.07) is 8.06. The van der Waals surface area contributed by atoms with E-state index >= 15 is 0 Å². The average molecular weight is 460 g/mol. The minimum absolute atomic E-state index is 0.300. The summed E-state index contributed by atoms with van der Waals surface area (Å²) >= 11 is 3.47. The van der Waals surface area contributed by atoms with Crippen LogP contribution in [0.25, 0.3) is 11.2 Å². The molecule has 0 saturated carbocycles. The fourth-order valence-electron chi connectivity index (χ4n) is 4.19. The van der Waals surface area contributed by atoms with Crippen LogP contribution in [0.4, 0.5) is 0 Å². The van der Waals surface area contributed by atoms with E-state index in [1.807, 2.05) is 28.8 Å². The van der Waals surface area contributed by atoms with Gasteiger partial charge in [-0.25, -0.2) is 9.78 Å². The fourth-order valence-corrected chi connectivity index (χ4v) is 4.45. The Morgan fingerprint density at radius 3 is 2.52 bits per heavy atom. The molecule has 1 fully saturated rings. The van der Waals surface area contributed by atoms with Gasteiger partial charge in [-0.3, -0.25) is 18.8 Å². The summed E-state index contributed by atoms with van der Waals surface area (Å²) in [5, 5.41) is 0. The van der Waals surface area contributed by atoms with Crippen molar-refractivity contribution >= 4 is 27.1 Å². The first kappa shape index (κ1) is 20.1. The van der Waals surface area contributed by atoms with Gasteiger partial charge in [0.15, 0.2) is 11.2 Å². The third-order valence-corrected chi connectivity index (χ3v) is 6.32. The van der Waals surface area contributed by atoms with Gasteiger partial charge >= 0.3 is 5.69 Å². The molecule has 0 N–H and O–H groups in total. The summed E-state index contributed by atoms with van der Waals surface area (Å²) in [5.41, 5.74) is 1.37. The quantitative estimate of drug-likeness (QED) is 0.600. The van der Waals surface area contributed by atoms with Crippen molar-refractivity contribution in [3.8, 4) is 0 Å². The number of hydrogen-bond acceptors (Lipinski definition) is 4. The number of benzene rings is 1. The van der Waals surface area contributed by atoms with E-state index in [0.717, 1.165) is 33.5 Å². The van der Waals surface area contributed by atoms with Crippen molar-refractivity contribution in [2.24, 2.45) is 20.0 Å². The zero-order valence-electron chi connectivity index (χ0n) is 17.1. The van der Waals surface area contributed by atoms with Crippen LogP contribution in [0.1, 0.15) is 31.2 Å². The Bertz CT molecular complexity index is 1160. The first-order valence-corrected chi connectivity index (χ1v) is 10.8. The van der Waals surface area contributed by atoms with Gasteiger partial charge in [-0.15, -0.1) is 0 Å². The van der Waals surface area contributed by atoms with Crippen LogP contribution in [0, 0.1) is 5.92 Å². The number of aromatic nitrogens is 4. The van der Waals surface area contributed by atoms with Gasteiger partial charge in [-0.1, -0.05) is 35.0 Å². The Labute approximate surface area is 177 Å². The van der Waals surface area contributed by atoms with Gasteiger partial charge in [0.1, 0.15) is 5.82 Å². The summed E-state index contributed by atoms with van der Waals surface area (Å²) in [6.07, 6.45) is 2.43. The molecule has 29 heavy (non-hydrogen) atoms. The zero-order chi connectivity index (χ0) is 20.7. The van der Waals surface area contributed by atoms with Crippen LogP contribution in [0.2, 0.25) is 0 Å². The second-order valence-electron chi connectivity index (χ2n) is 8.10. The summed E-state index contributed by atoms with van der Waals surface area (Å²) in [6.45, 7) is 5.54. The number of nitrogens with zero attached hydrogens (tertiary/aromatic N) is 5. The molecule has 1 aromatic carbocycles. The van der Waals surface area contributed by atoms with E-state index in [1.165, 1.54) is 24.5 Å². The first-order chi connectivity index (χ1) is 13.8. The zero-order valence-corrected chi connectivity index (χ0v) is 18.6. The maximum absolute atomic E-state index is 13.0. The normalized spacial score (nSPS) is 17.9. The number of likely N-dealkylation sites (tertiary alicyclic amines) is 1. The number of piperidine rings is 1. The van der Waals surface area contributed by atoms with Crippen molar-refractivity contribution in [1.82, 2.24) is 23.6 Å². The Morgan fingerprint density at radius 1 is 1.10 bits per heavy atom. The van der Waals surface area contributed by atoms with Crippen LogP contribution in [-0.2, 0) is 27.2 Å². The molecule has 0 amide bonds. The lowest BCUT2D eigenvalue weighted by Crippen LogP contribution is -2.37. The van der Waals surface area contributed by atoms with Crippen molar-refractivity contribution in [1.29, 1.82) is 0 Å². The van der Waals surface area contributed by atoms with E-state index < -0.39 is 0 Å². The summed E-state index contributed by atoms with van der Waals surface area (Å²) in [5.74, 6) is 1.49. The van der Waals surface area contributed by atoms with Crippen molar-refractivity contribution in [2.45, 2.75) is 32.9 Å². The number of fused-ring (bicyclic) bond motifs is 1. The van der Waals surface area contributed by atoms with Crippen molar-refractivity contribution in [2.75, 3.05) is 13.1 Å². The molecular formula is C21H26BrN5O2. The van der Waals surface area contributed by atoms with Crippen LogP contribution in [0.3, 0.4) is 0 Å². The third kappa shape index (κ3) is 3.83. The number of imidazole rings is 1. The highest BCUT2D eigenvalue weighted by Crippen LogP contribution is 2.21. The van der Waals surface area contributed by atoms with Gasteiger partial charge in [0, 0.05) is 31.7 Å². The molecule has 0 radical (unpaired) electrons. The average Bonchev–Trinajstić information content (AvgIpc) is 3.04. The molecule has 1 atom stereocenters. The smallest absolute Gasteiger partial charge is 0.317 e. The molecule has 7 nitrogen and oxygen atoms in total. The third-order valence-electron chi connectivity index (χ3n) is 5.79. The monoisotopic (exact) mass is 459 g/mol. The number of aryl methyl sites for hydroxylation is 1. The van der Waals surface area contributed by atoms with Gasteiger partial charge in [-0.2, -0.15) is 0 Å². The Hall–Kier alpha value is -2.19. The van der Waals surface area contributed by atoms with Gasteiger partial charge in [0.2, 0.25) is 0 Å². The van der Waals surface area contributed by atoms with Gasteiger partial charge < -0.3 is 4.57 Å². The van der Waals surface area contributed by atoms with Crippen LogP contribution in [0.5, 0.6) is 0 Å². The molecular weight excluding hydrogens is 434 g/mol. The summed E-state index contributed by atoms with van der Waals surface area (Å²) < 4.78 is 5.63. The maximum atomic E-state index is 13.0.